The Morgan fingerprint density at radius 3 is 1.84 bits per heavy atom. The maximum absolute atomic E-state index is 4.71. The first-order valence-electron chi connectivity index (χ1n) is 15.3. The van der Waals surface area contributed by atoms with Crippen LogP contribution in [0.3, 0.4) is 0 Å². The van der Waals surface area contributed by atoms with Crippen LogP contribution >= 0.6 is 0 Å². The van der Waals surface area contributed by atoms with E-state index in [0.717, 1.165) is 22.4 Å². The third-order valence-electron chi connectivity index (χ3n) is 9.28. The Kier molecular flexibility index (Phi) is 4.96. The van der Waals surface area contributed by atoms with E-state index in [2.05, 4.69) is 159 Å². The molecule has 0 radical (unpaired) electrons. The summed E-state index contributed by atoms with van der Waals surface area (Å²) in [7, 11) is 0. The summed E-state index contributed by atoms with van der Waals surface area (Å²) in [6, 6.07) is 54.6. The van der Waals surface area contributed by atoms with Crippen LogP contribution in [0.25, 0.3) is 82.5 Å². The van der Waals surface area contributed by atoms with E-state index in [1.54, 1.807) is 0 Å². The number of imidazole rings is 1. The standard InChI is InChI=1S/C41H26N4/c1-3-11-28(12-4-1)43-26-42-35-21-20-30(24-40(35)43)45-37-18-10-8-16-32(37)41-33-25-39-34(23-27(33)19-22-38(41)45)31-15-7-9-17-36(31)44(39)29-13-5-2-6-14-29/h1-26H. The molecule has 0 N–H and O–H groups in total. The minimum absolute atomic E-state index is 0.977. The summed E-state index contributed by atoms with van der Waals surface area (Å²) in [5, 5.41) is 7.55. The van der Waals surface area contributed by atoms with E-state index in [1.165, 1.54) is 60.1 Å². The van der Waals surface area contributed by atoms with Gasteiger partial charge in [0.1, 0.15) is 6.33 Å². The molecule has 45 heavy (non-hydrogen) atoms. The summed E-state index contributed by atoms with van der Waals surface area (Å²) in [4.78, 5) is 4.71. The lowest BCUT2D eigenvalue weighted by molar-refractivity contribution is 1.09. The van der Waals surface area contributed by atoms with Crippen molar-refractivity contribution in [2.24, 2.45) is 0 Å². The van der Waals surface area contributed by atoms with Crippen LogP contribution in [0, 0.1) is 0 Å². The SMILES string of the molecule is c1ccc(-n2cnc3ccc(-n4c5ccccc5c5c6cc7c(cc6ccc54)c4ccccc4n7-c4ccccc4)cc32)cc1. The van der Waals surface area contributed by atoms with Crippen molar-refractivity contribution < 1.29 is 0 Å². The highest BCUT2D eigenvalue weighted by Gasteiger charge is 2.19. The zero-order valence-electron chi connectivity index (χ0n) is 24.3. The molecule has 0 aliphatic rings. The van der Waals surface area contributed by atoms with Gasteiger partial charge in [-0.1, -0.05) is 78.9 Å². The molecule has 10 rings (SSSR count). The van der Waals surface area contributed by atoms with Gasteiger partial charge >= 0.3 is 0 Å². The number of rotatable bonds is 3. The molecule has 0 saturated carbocycles. The second kappa shape index (κ2) is 9.18. The zero-order chi connectivity index (χ0) is 29.5. The molecule has 7 aromatic carbocycles. The van der Waals surface area contributed by atoms with Crippen molar-refractivity contribution in [2.45, 2.75) is 0 Å². The molecule has 0 unspecified atom stereocenters. The van der Waals surface area contributed by atoms with Gasteiger partial charge in [-0.05, 0) is 83.6 Å². The van der Waals surface area contributed by atoms with E-state index in [-0.39, 0.29) is 0 Å². The van der Waals surface area contributed by atoms with Crippen molar-refractivity contribution in [1.29, 1.82) is 0 Å². The van der Waals surface area contributed by atoms with Gasteiger partial charge in [-0.3, -0.25) is 4.57 Å². The number of hydrogen-bond donors (Lipinski definition) is 0. The predicted octanol–water partition coefficient (Wildman–Crippen LogP) is 10.4. The van der Waals surface area contributed by atoms with Crippen LogP contribution in [0.5, 0.6) is 0 Å². The van der Waals surface area contributed by atoms with Gasteiger partial charge < -0.3 is 9.13 Å². The first-order chi connectivity index (χ1) is 22.3. The van der Waals surface area contributed by atoms with Crippen molar-refractivity contribution in [1.82, 2.24) is 18.7 Å². The molecule has 10 aromatic rings. The smallest absolute Gasteiger partial charge is 0.100 e. The van der Waals surface area contributed by atoms with Crippen LogP contribution in [0.2, 0.25) is 0 Å². The van der Waals surface area contributed by atoms with E-state index in [4.69, 9.17) is 4.98 Å². The molecular formula is C41H26N4. The molecule has 0 saturated heterocycles. The average Bonchev–Trinajstić information content (AvgIpc) is 3.78. The monoisotopic (exact) mass is 574 g/mol. The number of nitrogens with zero attached hydrogens (tertiary/aromatic N) is 4. The Morgan fingerprint density at radius 1 is 0.378 bits per heavy atom. The van der Waals surface area contributed by atoms with Crippen LogP contribution in [0.1, 0.15) is 0 Å². The molecule has 3 aromatic heterocycles. The number of aromatic nitrogens is 4. The molecule has 0 aliphatic carbocycles. The molecular weight excluding hydrogens is 548 g/mol. The summed E-state index contributed by atoms with van der Waals surface area (Å²) < 4.78 is 6.98. The molecule has 4 heteroatoms. The molecule has 3 heterocycles. The lowest BCUT2D eigenvalue weighted by Gasteiger charge is -2.11. The molecule has 0 bridgehead atoms. The van der Waals surface area contributed by atoms with E-state index in [9.17, 15) is 0 Å². The van der Waals surface area contributed by atoms with E-state index in [0.29, 0.717) is 0 Å². The topological polar surface area (TPSA) is 27.7 Å². The van der Waals surface area contributed by atoms with E-state index in [1.807, 2.05) is 12.4 Å². The van der Waals surface area contributed by atoms with Crippen LogP contribution < -0.4 is 0 Å². The van der Waals surface area contributed by atoms with Crippen LogP contribution in [0.15, 0.2) is 158 Å². The molecule has 0 aliphatic heterocycles. The lowest BCUT2D eigenvalue weighted by atomic mass is 10.0. The highest BCUT2D eigenvalue weighted by Crippen LogP contribution is 2.41. The number of benzene rings is 7. The van der Waals surface area contributed by atoms with Gasteiger partial charge in [-0.25, -0.2) is 4.98 Å². The second-order valence-electron chi connectivity index (χ2n) is 11.7. The highest BCUT2D eigenvalue weighted by molar-refractivity contribution is 6.25. The fourth-order valence-corrected chi connectivity index (χ4v) is 7.32. The van der Waals surface area contributed by atoms with Crippen molar-refractivity contribution >= 4 is 65.4 Å². The quantitative estimate of drug-likeness (QED) is 0.206. The fraction of sp³-hybridized carbons (Fsp3) is 0. The molecule has 0 atom stereocenters. The molecule has 0 spiro atoms. The predicted molar refractivity (Wildman–Crippen MR) is 187 cm³/mol. The van der Waals surface area contributed by atoms with Gasteiger partial charge in [0.05, 0.1) is 33.1 Å². The highest BCUT2D eigenvalue weighted by atomic mass is 15.1. The first-order valence-corrected chi connectivity index (χ1v) is 15.3. The second-order valence-corrected chi connectivity index (χ2v) is 11.7. The van der Waals surface area contributed by atoms with Gasteiger partial charge in [0.2, 0.25) is 0 Å². The Bertz CT molecular complexity index is 2750. The third-order valence-corrected chi connectivity index (χ3v) is 9.28. The van der Waals surface area contributed by atoms with Gasteiger partial charge in [0.15, 0.2) is 0 Å². The number of para-hydroxylation sites is 4. The summed E-state index contributed by atoms with van der Waals surface area (Å²) >= 11 is 0. The molecule has 0 fully saturated rings. The van der Waals surface area contributed by atoms with E-state index >= 15 is 0 Å². The minimum Gasteiger partial charge on any atom is -0.309 e. The molecule has 210 valence electrons. The fourth-order valence-electron chi connectivity index (χ4n) is 7.32. The maximum atomic E-state index is 4.71. The number of fused-ring (bicyclic) bond motifs is 9. The van der Waals surface area contributed by atoms with Crippen molar-refractivity contribution in [3.63, 3.8) is 0 Å². The zero-order valence-corrected chi connectivity index (χ0v) is 24.3. The Labute approximate surface area is 258 Å². The summed E-state index contributed by atoms with van der Waals surface area (Å²) in [5.41, 5.74) is 10.3. The van der Waals surface area contributed by atoms with Gasteiger partial charge in [-0.15, -0.1) is 0 Å². The van der Waals surface area contributed by atoms with E-state index < -0.39 is 0 Å². The van der Waals surface area contributed by atoms with Crippen LogP contribution in [-0.2, 0) is 0 Å². The average molecular weight is 575 g/mol. The van der Waals surface area contributed by atoms with Gasteiger partial charge in [-0.2, -0.15) is 0 Å². The molecule has 4 nitrogen and oxygen atoms in total. The Balaban J connectivity index is 1.30. The summed E-state index contributed by atoms with van der Waals surface area (Å²) in [6.07, 6.45) is 1.92. The lowest BCUT2D eigenvalue weighted by Crippen LogP contribution is -1.96. The summed E-state index contributed by atoms with van der Waals surface area (Å²) in [6.45, 7) is 0. The Hall–Kier alpha value is -6.13. The van der Waals surface area contributed by atoms with Gasteiger partial charge in [0, 0.05) is 38.6 Å². The Morgan fingerprint density at radius 2 is 1.04 bits per heavy atom. The minimum atomic E-state index is 0.977. The van der Waals surface area contributed by atoms with Crippen molar-refractivity contribution in [3.8, 4) is 17.1 Å². The van der Waals surface area contributed by atoms with Gasteiger partial charge in [0.25, 0.3) is 0 Å². The third kappa shape index (κ3) is 3.45. The van der Waals surface area contributed by atoms with Crippen molar-refractivity contribution in [3.05, 3.63) is 158 Å². The maximum Gasteiger partial charge on any atom is 0.100 e. The van der Waals surface area contributed by atoms with Crippen molar-refractivity contribution in [2.75, 3.05) is 0 Å². The normalized spacial score (nSPS) is 12.0. The van der Waals surface area contributed by atoms with Crippen LogP contribution in [-0.4, -0.2) is 18.7 Å². The summed E-state index contributed by atoms with van der Waals surface area (Å²) in [5.74, 6) is 0. The largest absolute Gasteiger partial charge is 0.309 e. The van der Waals surface area contributed by atoms with Crippen LogP contribution in [0.4, 0.5) is 0 Å². The number of hydrogen-bond acceptors (Lipinski definition) is 1. The molecule has 0 amide bonds. The first kappa shape index (κ1) is 24.3.